The highest BCUT2D eigenvalue weighted by molar-refractivity contribution is 5.99. The first-order valence-electron chi connectivity index (χ1n) is 7.30. The summed E-state index contributed by atoms with van der Waals surface area (Å²) in [7, 11) is 2.86. The Morgan fingerprint density at radius 3 is 2.44 bits per heavy atom. The molecule has 2 aromatic rings. The van der Waals surface area contributed by atoms with Gasteiger partial charge in [-0.2, -0.15) is 0 Å². The van der Waals surface area contributed by atoms with E-state index in [2.05, 4.69) is 0 Å². The second kappa shape index (κ2) is 5.75. The van der Waals surface area contributed by atoms with Crippen LogP contribution < -0.4 is 9.47 Å². The van der Waals surface area contributed by atoms with Crippen LogP contribution in [0.25, 0.3) is 0 Å². The van der Waals surface area contributed by atoms with Gasteiger partial charge in [0.05, 0.1) is 24.7 Å². The van der Waals surface area contributed by atoms with Gasteiger partial charge >= 0.3 is 5.97 Å². The first-order valence-corrected chi connectivity index (χ1v) is 7.30. The maximum atomic E-state index is 12.2. The number of ether oxygens (including phenoxy) is 3. The highest BCUT2D eigenvalue weighted by atomic mass is 16.7. The summed E-state index contributed by atoms with van der Waals surface area (Å²) in [5.74, 6) is -2.50. The number of rotatable bonds is 4. The largest absolute Gasteiger partial charge is 0.496 e. The third-order valence-corrected chi connectivity index (χ3v) is 4.13. The van der Waals surface area contributed by atoms with Crippen LogP contribution in [0.15, 0.2) is 30.3 Å². The fourth-order valence-corrected chi connectivity index (χ4v) is 2.94. The molecule has 1 unspecified atom stereocenters. The maximum Gasteiger partial charge on any atom is 0.348 e. The van der Waals surface area contributed by atoms with Crippen molar-refractivity contribution >= 4 is 11.7 Å². The van der Waals surface area contributed by atoms with Crippen molar-refractivity contribution in [2.45, 2.75) is 12.7 Å². The molecular weight excluding hydrogens is 330 g/mol. The number of fused-ring (bicyclic) bond motifs is 1. The lowest BCUT2D eigenvalue weighted by molar-refractivity contribution is -0.385. The molecule has 0 radical (unpaired) electrons. The van der Waals surface area contributed by atoms with Crippen molar-refractivity contribution in [1.29, 1.82) is 0 Å². The van der Waals surface area contributed by atoms with Crippen molar-refractivity contribution in [3.05, 3.63) is 62.7 Å². The molecule has 130 valence electrons. The Balaban J connectivity index is 2.29. The first kappa shape index (κ1) is 16.7. The SMILES string of the molecule is COc1cc(C2(O)OC(=O)c3c([N+](=O)[O-])cccc32)c(OC)cc1C. The van der Waals surface area contributed by atoms with Crippen LogP contribution in [0.5, 0.6) is 11.5 Å². The van der Waals surface area contributed by atoms with Crippen molar-refractivity contribution in [2.75, 3.05) is 14.2 Å². The fourth-order valence-electron chi connectivity index (χ4n) is 2.94. The van der Waals surface area contributed by atoms with E-state index in [0.29, 0.717) is 5.75 Å². The van der Waals surface area contributed by atoms with Crippen molar-refractivity contribution < 1.29 is 29.0 Å². The molecule has 0 spiro atoms. The molecule has 0 bridgehead atoms. The average molecular weight is 345 g/mol. The highest BCUT2D eigenvalue weighted by Crippen LogP contribution is 2.47. The van der Waals surface area contributed by atoms with Gasteiger partial charge in [0.2, 0.25) is 0 Å². The topological polar surface area (TPSA) is 108 Å². The monoisotopic (exact) mass is 345 g/mol. The number of nitro benzene ring substituents is 1. The predicted molar refractivity (Wildman–Crippen MR) is 85.8 cm³/mol. The van der Waals surface area contributed by atoms with Crippen LogP contribution in [0.3, 0.4) is 0 Å². The highest BCUT2D eigenvalue weighted by Gasteiger charge is 2.50. The van der Waals surface area contributed by atoms with Gasteiger partial charge in [0.1, 0.15) is 17.1 Å². The molecule has 1 aliphatic rings. The molecule has 8 heteroatoms. The lowest BCUT2D eigenvalue weighted by Gasteiger charge is -2.25. The number of methoxy groups -OCH3 is 2. The minimum Gasteiger partial charge on any atom is -0.496 e. The molecule has 0 aromatic heterocycles. The summed E-state index contributed by atoms with van der Waals surface area (Å²) >= 11 is 0. The number of nitro groups is 1. The molecule has 2 aromatic carbocycles. The minimum absolute atomic E-state index is 0.0177. The van der Waals surface area contributed by atoms with Crippen LogP contribution in [-0.4, -0.2) is 30.2 Å². The van der Waals surface area contributed by atoms with Crippen LogP contribution in [0.2, 0.25) is 0 Å². The standard InChI is InChI=1S/C17H15NO7/c1-9-7-14(24-3)11(8-13(9)23-2)17(20)10-5-4-6-12(18(21)22)15(10)16(19)25-17/h4-8,20H,1-3H3. The summed E-state index contributed by atoms with van der Waals surface area (Å²) < 4.78 is 15.7. The molecule has 0 saturated carbocycles. The van der Waals surface area contributed by atoms with Gasteiger partial charge in [-0.1, -0.05) is 12.1 Å². The number of benzene rings is 2. The summed E-state index contributed by atoms with van der Waals surface area (Å²) in [6, 6.07) is 7.06. The maximum absolute atomic E-state index is 12.2. The third kappa shape index (κ3) is 2.38. The van der Waals surface area contributed by atoms with Crippen LogP contribution in [-0.2, 0) is 10.5 Å². The summed E-state index contributed by atoms with van der Waals surface area (Å²) in [6.45, 7) is 1.79. The lowest BCUT2D eigenvalue weighted by Crippen LogP contribution is -2.28. The number of aliphatic hydroxyl groups is 1. The first-order chi connectivity index (χ1) is 11.8. The van der Waals surface area contributed by atoms with Gasteiger partial charge in [-0.3, -0.25) is 10.1 Å². The molecule has 0 aliphatic carbocycles. The predicted octanol–water partition coefficient (Wildman–Crippen LogP) is 2.28. The van der Waals surface area contributed by atoms with Gasteiger partial charge in [0.15, 0.2) is 0 Å². The molecule has 8 nitrogen and oxygen atoms in total. The van der Waals surface area contributed by atoms with Crippen molar-refractivity contribution in [3.8, 4) is 11.5 Å². The van der Waals surface area contributed by atoms with E-state index in [1.54, 1.807) is 13.0 Å². The average Bonchev–Trinajstić information content (AvgIpc) is 2.86. The Morgan fingerprint density at radius 2 is 1.84 bits per heavy atom. The molecule has 1 atom stereocenters. The van der Waals surface area contributed by atoms with E-state index in [0.717, 1.165) is 5.56 Å². The van der Waals surface area contributed by atoms with Crippen LogP contribution in [0.1, 0.15) is 27.0 Å². The quantitative estimate of drug-likeness (QED) is 0.514. The summed E-state index contributed by atoms with van der Waals surface area (Å²) in [6.07, 6.45) is 0. The van der Waals surface area contributed by atoms with E-state index in [-0.39, 0.29) is 22.4 Å². The zero-order valence-corrected chi connectivity index (χ0v) is 13.7. The molecule has 0 amide bonds. The van der Waals surface area contributed by atoms with Gasteiger partial charge in [-0.15, -0.1) is 0 Å². The Bertz CT molecular complexity index is 893. The van der Waals surface area contributed by atoms with Crippen LogP contribution >= 0.6 is 0 Å². The van der Waals surface area contributed by atoms with E-state index in [1.165, 1.54) is 38.5 Å². The normalized spacial score (nSPS) is 18.5. The van der Waals surface area contributed by atoms with Gasteiger partial charge in [0.25, 0.3) is 11.5 Å². The van der Waals surface area contributed by atoms with Crippen LogP contribution in [0, 0.1) is 17.0 Å². The second-order valence-corrected chi connectivity index (χ2v) is 5.51. The molecule has 1 heterocycles. The summed E-state index contributed by atoms with van der Waals surface area (Å²) in [5, 5.41) is 22.3. The Hall–Kier alpha value is -3.13. The molecular formula is C17H15NO7. The molecule has 0 saturated heterocycles. The molecule has 0 fully saturated rings. The molecule has 25 heavy (non-hydrogen) atoms. The number of hydrogen-bond donors (Lipinski definition) is 1. The van der Waals surface area contributed by atoms with Gasteiger partial charge in [0, 0.05) is 11.6 Å². The summed E-state index contributed by atoms with van der Waals surface area (Å²) in [5.41, 5.74) is 0.129. The summed E-state index contributed by atoms with van der Waals surface area (Å²) in [4.78, 5) is 22.7. The Morgan fingerprint density at radius 1 is 1.16 bits per heavy atom. The minimum atomic E-state index is -2.22. The van der Waals surface area contributed by atoms with E-state index in [9.17, 15) is 20.0 Å². The number of esters is 1. The number of aryl methyl sites for hydroxylation is 1. The van der Waals surface area contributed by atoms with E-state index in [1.807, 2.05) is 0 Å². The molecule has 1 N–H and O–H groups in total. The molecule has 1 aliphatic heterocycles. The third-order valence-electron chi connectivity index (χ3n) is 4.13. The second-order valence-electron chi connectivity index (χ2n) is 5.51. The smallest absolute Gasteiger partial charge is 0.348 e. The van der Waals surface area contributed by atoms with Crippen molar-refractivity contribution in [1.82, 2.24) is 0 Å². The van der Waals surface area contributed by atoms with Crippen molar-refractivity contribution in [3.63, 3.8) is 0 Å². The van der Waals surface area contributed by atoms with E-state index in [4.69, 9.17) is 14.2 Å². The lowest BCUT2D eigenvalue weighted by atomic mass is 9.93. The van der Waals surface area contributed by atoms with Gasteiger partial charge in [-0.05, 0) is 24.6 Å². The van der Waals surface area contributed by atoms with Gasteiger partial charge < -0.3 is 19.3 Å². The Kier molecular flexibility index (Phi) is 3.84. The fraction of sp³-hybridized carbons (Fsp3) is 0.235. The van der Waals surface area contributed by atoms with Crippen LogP contribution in [0.4, 0.5) is 5.69 Å². The zero-order valence-electron chi connectivity index (χ0n) is 13.7. The zero-order chi connectivity index (χ0) is 18.4. The number of hydrogen-bond acceptors (Lipinski definition) is 7. The number of nitrogens with zero attached hydrogens (tertiary/aromatic N) is 1. The van der Waals surface area contributed by atoms with E-state index >= 15 is 0 Å². The number of cyclic esters (lactones) is 1. The number of carbonyl (C=O) groups is 1. The number of carbonyl (C=O) groups excluding carboxylic acids is 1. The molecule has 3 rings (SSSR count). The van der Waals surface area contributed by atoms with E-state index < -0.39 is 22.4 Å². The Labute approximate surface area is 142 Å². The van der Waals surface area contributed by atoms with Crippen molar-refractivity contribution in [2.24, 2.45) is 0 Å². The van der Waals surface area contributed by atoms with Gasteiger partial charge in [-0.25, -0.2) is 4.79 Å².